The monoisotopic (exact) mass is 362 g/mol. The van der Waals surface area contributed by atoms with Gasteiger partial charge in [0.05, 0.1) is 22.7 Å². The first kappa shape index (κ1) is 16.6. The van der Waals surface area contributed by atoms with Gasteiger partial charge < -0.3 is 9.47 Å². The molecule has 0 amide bonds. The zero-order chi connectivity index (χ0) is 15.9. The minimum Gasteiger partial charge on any atom is -0.492 e. The van der Waals surface area contributed by atoms with E-state index in [9.17, 15) is 4.79 Å². The fraction of sp³-hybridized carbons (Fsp3) is 0.278. The van der Waals surface area contributed by atoms with Crippen LogP contribution in [0.15, 0.2) is 53.0 Å². The van der Waals surface area contributed by atoms with Crippen LogP contribution in [0, 0.1) is 0 Å². The van der Waals surface area contributed by atoms with Crippen molar-refractivity contribution in [1.29, 1.82) is 0 Å². The van der Waals surface area contributed by atoms with Crippen molar-refractivity contribution < 1.29 is 14.3 Å². The maximum absolute atomic E-state index is 11.8. The summed E-state index contributed by atoms with van der Waals surface area (Å²) >= 11 is 3.44. The van der Waals surface area contributed by atoms with Gasteiger partial charge in [-0.15, -0.1) is 0 Å². The third-order valence-electron chi connectivity index (χ3n) is 3.00. The summed E-state index contributed by atoms with van der Waals surface area (Å²) < 4.78 is 11.7. The molecule has 2 aromatic rings. The van der Waals surface area contributed by atoms with Crippen molar-refractivity contribution >= 4 is 21.9 Å². The molecular formula is C18H19BrO3. The summed E-state index contributed by atoms with van der Waals surface area (Å²) in [5.41, 5.74) is 1.74. The fourth-order valence-corrected chi connectivity index (χ4v) is 2.44. The van der Waals surface area contributed by atoms with Crippen LogP contribution in [-0.2, 0) is 11.2 Å². The number of halogens is 1. The van der Waals surface area contributed by atoms with E-state index in [-0.39, 0.29) is 12.1 Å². The molecule has 0 aliphatic heterocycles. The molecule has 4 heteroatoms. The second-order valence-corrected chi connectivity index (χ2v) is 6.04. The van der Waals surface area contributed by atoms with Gasteiger partial charge in [0.15, 0.2) is 0 Å². The van der Waals surface area contributed by atoms with Crippen molar-refractivity contribution in [2.45, 2.75) is 26.4 Å². The Morgan fingerprint density at radius 1 is 1.14 bits per heavy atom. The molecule has 2 rings (SSSR count). The molecule has 116 valence electrons. The number of rotatable bonds is 6. The van der Waals surface area contributed by atoms with Crippen molar-refractivity contribution in [3.05, 3.63) is 64.1 Å². The highest BCUT2D eigenvalue weighted by molar-refractivity contribution is 9.10. The molecule has 0 bridgehead atoms. The maximum atomic E-state index is 11.8. The van der Waals surface area contributed by atoms with Crippen LogP contribution in [0.2, 0.25) is 0 Å². The first-order valence-electron chi connectivity index (χ1n) is 7.23. The first-order valence-corrected chi connectivity index (χ1v) is 8.03. The predicted molar refractivity (Wildman–Crippen MR) is 90.3 cm³/mol. The molecule has 0 heterocycles. The number of ether oxygens (including phenoxy) is 2. The molecular weight excluding hydrogens is 344 g/mol. The van der Waals surface area contributed by atoms with Gasteiger partial charge in [0, 0.05) is 6.42 Å². The molecule has 0 N–H and O–H groups in total. The minimum absolute atomic E-state index is 0.131. The van der Waals surface area contributed by atoms with Crippen molar-refractivity contribution in [2.24, 2.45) is 0 Å². The summed E-state index contributed by atoms with van der Waals surface area (Å²) in [6.45, 7) is 4.24. The molecule has 0 saturated heterocycles. The standard InChI is InChI=1S/C18H19BrO3/c1-13(2)22-18(20)15-8-9-17(16(19)12-15)21-11-10-14-6-4-3-5-7-14/h3-9,12-13H,10-11H2,1-2H3. The Kier molecular flexibility index (Phi) is 6.01. The van der Waals surface area contributed by atoms with Gasteiger partial charge in [-0.25, -0.2) is 4.79 Å². The zero-order valence-electron chi connectivity index (χ0n) is 12.7. The van der Waals surface area contributed by atoms with Crippen LogP contribution in [0.4, 0.5) is 0 Å². The number of carbonyl (C=O) groups is 1. The Morgan fingerprint density at radius 2 is 1.86 bits per heavy atom. The average Bonchev–Trinajstić information content (AvgIpc) is 2.49. The predicted octanol–water partition coefficient (Wildman–Crippen LogP) is 4.64. The Labute approximate surface area is 139 Å². The second-order valence-electron chi connectivity index (χ2n) is 5.18. The summed E-state index contributed by atoms with van der Waals surface area (Å²) in [6, 6.07) is 15.4. The van der Waals surface area contributed by atoms with E-state index < -0.39 is 0 Å². The van der Waals surface area contributed by atoms with Gasteiger partial charge in [-0.3, -0.25) is 0 Å². The lowest BCUT2D eigenvalue weighted by atomic mass is 10.2. The highest BCUT2D eigenvalue weighted by Crippen LogP contribution is 2.26. The van der Waals surface area contributed by atoms with E-state index in [0.29, 0.717) is 12.2 Å². The molecule has 0 radical (unpaired) electrons. The van der Waals surface area contributed by atoms with Crippen molar-refractivity contribution in [2.75, 3.05) is 6.61 Å². The first-order chi connectivity index (χ1) is 10.6. The van der Waals surface area contributed by atoms with Gasteiger partial charge >= 0.3 is 5.97 Å². The van der Waals surface area contributed by atoms with E-state index in [0.717, 1.165) is 16.6 Å². The largest absolute Gasteiger partial charge is 0.492 e. The van der Waals surface area contributed by atoms with Crippen LogP contribution >= 0.6 is 15.9 Å². The third-order valence-corrected chi connectivity index (χ3v) is 3.62. The van der Waals surface area contributed by atoms with Crippen LogP contribution in [0.3, 0.4) is 0 Å². The molecule has 0 aliphatic rings. The smallest absolute Gasteiger partial charge is 0.338 e. The Morgan fingerprint density at radius 3 is 2.50 bits per heavy atom. The Bertz CT molecular complexity index is 623. The average molecular weight is 363 g/mol. The lowest BCUT2D eigenvalue weighted by molar-refractivity contribution is 0.0378. The van der Waals surface area contributed by atoms with Crippen LogP contribution in [0.25, 0.3) is 0 Å². The van der Waals surface area contributed by atoms with E-state index >= 15 is 0 Å². The molecule has 0 aromatic heterocycles. The number of esters is 1. The van der Waals surface area contributed by atoms with Crippen LogP contribution in [0.1, 0.15) is 29.8 Å². The molecule has 0 atom stereocenters. The molecule has 3 nitrogen and oxygen atoms in total. The Balaban J connectivity index is 1.94. The van der Waals surface area contributed by atoms with Gasteiger partial charge in [-0.1, -0.05) is 30.3 Å². The summed E-state index contributed by atoms with van der Waals surface area (Å²) in [5.74, 6) is 0.392. The summed E-state index contributed by atoms with van der Waals surface area (Å²) in [4.78, 5) is 11.8. The lowest BCUT2D eigenvalue weighted by Gasteiger charge is -2.11. The molecule has 0 spiro atoms. The molecule has 0 aliphatic carbocycles. The van der Waals surface area contributed by atoms with E-state index in [1.165, 1.54) is 5.56 Å². The van der Waals surface area contributed by atoms with E-state index in [1.54, 1.807) is 18.2 Å². The van der Waals surface area contributed by atoms with Crippen molar-refractivity contribution in [1.82, 2.24) is 0 Å². The summed E-state index contributed by atoms with van der Waals surface area (Å²) in [7, 11) is 0. The van der Waals surface area contributed by atoms with Crippen LogP contribution < -0.4 is 4.74 Å². The highest BCUT2D eigenvalue weighted by Gasteiger charge is 2.11. The van der Waals surface area contributed by atoms with Gasteiger partial charge in [-0.05, 0) is 53.5 Å². The SMILES string of the molecule is CC(C)OC(=O)c1ccc(OCCc2ccccc2)c(Br)c1. The lowest BCUT2D eigenvalue weighted by Crippen LogP contribution is -2.11. The number of benzene rings is 2. The van der Waals surface area contributed by atoms with Gasteiger partial charge in [0.2, 0.25) is 0 Å². The highest BCUT2D eigenvalue weighted by atomic mass is 79.9. The van der Waals surface area contributed by atoms with Crippen molar-refractivity contribution in [3.8, 4) is 5.75 Å². The summed E-state index contributed by atoms with van der Waals surface area (Å²) in [5, 5.41) is 0. The maximum Gasteiger partial charge on any atom is 0.338 e. The molecule has 0 fully saturated rings. The second kappa shape index (κ2) is 7.99. The minimum atomic E-state index is -0.327. The van der Waals surface area contributed by atoms with Gasteiger partial charge in [0.25, 0.3) is 0 Å². The Hall–Kier alpha value is -1.81. The third kappa shape index (κ3) is 4.88. The van der Waals surface area contributed by atoms with Crippen LogP contribution in [-0.4, -0.2) is 18.7 Å². The van der Waals surface area contributed by atoms with Crippen LogP contribution in [0.5, 0.6) is 5.75 Å². The topological polar surface area (TPSA) is 35.5 Å². The molecule has 22 heavy (non-hydrogen) atoms. The number of hydrogen-bond donors (Lipinski definition) is 0. The fourth-order valence-electron chi connectivity index (χ4n) is 1.95. The number of carbonyl (C=O) groups excluding carboxylic acids is 1. The quantitative estimate of drug-likeness (QED) is 0.702. The summed E-state index contributed by atoms with van der Waals surface area (Å²) in [6.07, 6.45) is 0.706. The van der Waals surface area contributed by atoms with Gasteiger partial charge in [-0.2, -0.15) is 0 Å². The van der Waals surface area contributed by atoms with Crippen molar-refractivity contribution in [3.63, 3.8) is 0 Å². The molecule has 2 aromatic carbocycles. The van der Waals surface area contributed by atoms with E-state index in [1.807, 2.05) is 32.0 Å². The normalized spacial score (nSPS) is 10.5. The number of hydrogen-bond acceptors (Lipinski definition) is 3. The molecule has 0 saturated carbocycles. The molecule has 0 unspecified atom stereocenters. The van der Waals surface area contributed by atoms with E-state index in [4.69, 9.17) is 9.47 Å². The zero-order valence-corrected chi connectivity index (χ0v) is 14.3. The van der Waals surface area contributed by atoms with E-state index in [2.05, 4.69) is 28.1 Å². The van der Waals surface area contributed by atoms with Gasteiger partial charge in [0.1, 0.15) is 5.75 Å².